The molecule has 0 aromatic heterocycles. The number of carbonyl (C=O) groups is 1. The number of carbonyl (C=O) groups excluding carboxylic acids is 1. The minimum absolute atomic E-state index is 0.00729. The van der Waals surface area contributed by atoms with Gasteiger partial charge in [0, 0.05) is 17.9 Å². The minimum Gasteiger partial charge on any atom is -0.394 e. The molecule has 3 nitrogen and oxygen atoms in total. The van der Waals surface area contributed by atoms with Gasteiger partial charge >= 0.3 is 0 Å². The third kappa shape index (κ3) is 3.51. The zero-order valence-corrected chi connectivity index (χ0v) is 12.2. The van der Waals surface area contributed by atoms with Gasteiger partial charge in [0.05, 0.1) is 12.6 Å². The molecule has 0 radical (unpaired) electrons. The molecule has 1 atom stereocenters. The Morgan fingerprint density at radius 2 is 2.11 bits per heavy atom. The van der Waals surface area contributed by atoms with E-state index >= 15 is 0 Å². The van der Waals surface area contributed by atoms with Gasteiger partial charge in [-0.2, -0.15) is 11.8 Å². The van der Waals surface area contributed by atoms with Crippen molar-refractivity contribution in [2.45, 2.75) is 31.1 Å². The van der Waals surface area contributed by atoms with Crippen LogP contribution in [-0.2, 0) is 5.75 Å². The van der Waals surface area contributed by atoms with E-state index in [2.05, 4.69) is 6.26 Å². The number of nitrogens with zero attached hydrogens (tertiary/aromatic N) is 1. The van der Waals surface area contributed by atoms with E-state index in [1.54, 1.807) is 11.8 Å². The Kier molecular flexibility index (Phi) is 5.28. The summed E-state index contributed by atoms with van der Waals surface area (Å²) < 4.78 is 0. The van der Waals surface area contributed by atoms with Crippen molar-refractivity contribution < 1.29 is 9.90 Å². The summed E-state index contributed by atoms with van der Waals surface area (Å²) in [5.41, 5.74) is 1.96. The summed E-state index contributed by atoms with van der Waals surface area (Å²) in [5.74, 6) is 1.02. The van der Waals surface area contributed by atoms with Gasteiger partial charge in [-0.05, 0) is 43.2 Å². The molecule has 1 aromatic rings. The number of benzene rings is 1. The van der Waals surface area contributed by atoms with Crippen molar-refractivity contribution in [1.29, 1.82) is 0 Å². The summed E-state index contributed by atoms with van der Waals surface area (Å²) in [6.07, 6.45) is 5.11. The Hall–Kier alpha value is -1.00. The lowest BCUT2D eigenvalue weighted by Gasteiger charge is -2.34. The monoisotopic (exact) mass is 279 g/mol. The number of rotatable bonds is 4. The lowest BCUT2D eigenvalue weighted by atomic mass is 10.0. The van der Waals surface area contributed by atoms with Crippen LogP contribution < -0.4 is 0 Å². The lowest BCUT2D eigenvalue weighted by Crippen LogP contribution is -2.45. The predicted molar refractivity (Wildman–Crippen MR) is 79.4 cm³/mol. The Morgan fingerprint density at radius 1 is 1.37 bits per heavy atom. The molecule has 1 aliphatic rings. The molecule has 0 spiro atoms. The number of aliphatic hydroxyl groups is 1. The molecule has 0 aliphatic carbocycles. The second kappa shape index (κ2) is 6.96. The summed E-state index contributed by atoms with van der Waals surface area (Å²) in [6.45, 7) is 0.826. The van der Waals surface area contributed by atoms with E-state index in [0.29, 0.717) is 0 Å². The van der Waals surface area contributed by atoms with Gasteiger partial charge in [0.15, 0.2) is 0 Å². The number of hydrogen-bond donors (Lipinski definition) is 1. The summed E-state index contributed by atoms with van der Waals surface area (Å²) in [5, 5.41) is 9.37. The Labute approximate surface area is 119 Å². The summed E-state index contributed by atoms with van der Waals surface area (Å²) >= 11 is 1.77. The first-order chi connectivity index (χ1) is 9.26. The van der Waals surface area contributed by atoms with Gasteiger partial charge in [0.1, 0.15) is 0 Å². The summed E-state index contributed by atoms with van der Waals surface area (Å²) in [6, 6.07) is 7.82. The molecule has 19 heavy (non-hydrogen) atoms. The van der Waals surface area contributed by atoms with E-state index in [1.807, 2.05) is 29.2 Å². The van der Waals surface area contributed by atoms with E-state index in [9.17, 15) is 9.90 Å². The number of thioether (sulfide) groups is 1. The minimum atomic E-state index is -0.00729. The Bertz CT molecular complexity index is 419. The van der Waals surface area contributed by atoms with E-state index in [4.69, 9.17) is 0 Å². The van der Waals surface area contributed by atoms with Crippen LogP contribution in [0.4, 0.5) is 0 Å². The number of likely N-dealkylation sites (tertiary alicyclic amines) is 1. The van der Waals surface area contributed by atoms with Gasteiger partial charge in [0.25, 0.3) is 5.91 Å². The zero-order chi connectivity index (χ0) is 13.7. The topological polar surface area (TPSA) is 40.5 Å². The number of piperidine rings is 1. The van der Waals surface area contributed by atoms with Crippen LogP contribution in [0.2, 0.25) is 0 Å². The van der Waals surface area contributed by atoms with Crippen molar-refractivity contribution in [1.82, 2.24) is 4.90 Å². The fraction of sp³-hybridized carbons (Fsp3) is 0.533. The molecule has 2 rings (SSSR count). The van der Waals surface area contributed by atoms with Crippen LogP contribution in [0, 0.1) is 0 Å². The predicted octanol–water partition coefficient (Wildman–Crippen LogP) is 2.54. The fourth-order valence-corrected chi connectivity index (χ4v) is 3.06. The summed E-state index contributed by atoms with van der Waals surface area (Å²) in [7, 11) is 0. The van der Waals surface area contributed by atoms with E-state index < -0.39 is 0 Å². The molecular formula is C15H21NO2S. The highest BCUT2D eigenvalue weighted by atomic mass is 32.2. The van der Waals surface area contributed by atoms with Crippen LogP contribution in [0.5, 0.6) is 0 Å². The van der Waals surface area contributed by atoms with Crippen molar-refractivity contribution in [2.75, 3.05) is 19.4 Å². The highest BCUT2D eigenvalue weighted by Gasteiger charge is 2.26. The number of aliphatic hydroxyl groups excluding tert-OH is 1. The summed E-state index contributed by atoms with van der Waals surface area (Å²) in [4.78, 5) is 14.3. The van der Waals surface area contributed by atoms with E-state index in [0.717, 1.165) is 37.1 Å². The van der Waals surface area contributed by atoms with Crippen molar-refractivity contribution in [3.63, 3.8) is 0 Å². The number of hydrogen-bond acceptors (Lipinski definition) is 3. The fourth-order valence-electron chi connectivity index (χ4n) is 2.53. The maximum atomic E-state index is 12.4. The van der Waals surface area contributed by atoms with Gasteiger partial charge in [-0.3, -0.25) is 4.79 Å². The smallest absolute Gasteiger partial charge is 0.254 e. The first-order valence-corrected chi connectivity index (χ1v) is 8.15. The quantitative estimate of drug-likeness (QED) is 0.921. The Balaban J connectivity index is 2.09. The van der Waals surface area contributed by atoms with Gasteiger partial charge in [-0.15, -0.1) is 0 Å². The second-order valence-electron chi connectivity index (χ2n) is 4.96. The van der Waals surface area contributed by atoms with Gasteiger partial charge in [-0.25, -0.2) is 0 Å². The largest absolute Gasteiger partial charge is 0.394 e. The highest BCUT2D eigenvalue weighted by molar-refractivity contribution is 7.97. The molecule has 1 fully saturated rings. The molecule has 1 amide bonds. The van der Waals surface area contributed by atoms with Crippen molar-refractivity contribution in [3.8, 4) is 0 Å². The standard InChI is InChI=1S/C15H21NO2S/c1-19-11-12-5-7-13(8-6-12)15(18)16-9-3-2-4-14(16)10-17/h5-8,14,17H,2-4,9-11H2,1H3. The first kappa shape index (κ1) is 14.4. The molecule has 1 unspecified atom stereocenters. The van der Waals surface area contributed by atoms with Crippen molar-refractivity contribution in [3.05, 3.63) is 35.4 Å². The molecule has 1 heterocycles. The van der Waals surface area contributed by atoms with Crippen molar-refractivity contribution in [2.24, 2.45) is 0 Å². The van der Waals surface area contributed by atoms with Gasteiger partial charge in [0.2, 0.25) is 0 Å². The van der Waals surface area contributed by atoms with Crippen LogP contribution in [0.3, 0.4) is 0 Å². The molecule has 1 N–H and O–H groups in total. The van der Waals surface area contributed by atoms with Gasteiger partial charge in [-0.1, -0.05) is 12.1 Å². The third-order valence-electron chi connectivity index (χ3n) is 3.61. The molecule has 1 aromatic carbocycles. The molecule has 0 saturated carbocycles. The number of amides is 1. The van der Waals surface area contributed by atoms with E-state index in [-0.39, 0.29) is 18.6 Å². The first-order valence-electron chi connectivity index (χ1n) is 6.76. The zero-order valence-electron chi connectivity index (χ0n) is 11.3. The van der Waals surface area contributed by atoms with Crippen LogP contribution in [0.25, 0.3) is 0 Å². The van der Waals surface area contributed by atoms with Crippen LogP contribution in [0.15, 0.2) is 24.3 Å². The van der Waals surface area contributed by atoms with Crippen LogP contribution in [0.1, 0.15) is 35.2 Å². The molecule has 0 bridgehead atoms. The van der Waals surface area contributed by atoms with Crippen LogP contribution >= 0.6 is 11.8 Å². The SMILES string of the molecule is CSCc1ccc(C(=O)N2CCCCC2CO)cc1. The third-order valence-corrected chi connectivity index (χ3v) is 4.23. The maximum absolute atomic E-state index is 12.4. The molecule has 1 aliphatic heterocycles. The lowest BCUT2D eigenvalue weighted by molar-refractivity contribution is 0.0503. The average Bonchev–Trinajstić information content (AvgIpc) is 2.47. The maximum Gasteiger partial charge on any atom is 0.254 e. The highest BCUT2D eigenvalue weighted by Crippen LogP contribution is 2.20. The van der Waals surface area contributed by atoms with Crippen LogP contribution in [-0.4, -0.2) is 41.4 Å². The average molecular weight is 279 g/mol. The van der Waals surface area contributed by atoms with E-state index in [1.165, 1.54) is 5.56 Å². The molecule has 4 heteroatoms. The normalized spacial score (nSPS) is 19.5. The molecular weight excluding hydrogens is 258 g/mol. The van der Waals surface area contributed by atoms with Crippen molar-refractivity contribution >= 4 is 17.7 Å². The second-order valence-corrected chi connectivity index (χ2v) is 5.83. The molecule has 104 valence electrons. The Morgan fingerprint density at radius 3 is 2.74 bits per heavy atom. The molecule has 1 saturated heterocycles. The van der Waals surface area contributed by atoms with Gasteiger partial charge < -0.3 is 10.0 Å².